The number of rotatable bonds is 6. The summed E-state index contributed by atoms with van der Waals surface area (Å²) in [5, 5.41) is 6.34. The summed E-state index contributed by atoms with van der Waals surface area (Å²) in [5.74, 6) is 1.15. The third kappa shape index (κ3) is 5.72. The molecule has 1 atom stereocenters. The summed E-state index contributed by atoms with van der Waals surface area (Å²) in [7, 11) is 0. The van der Waals surface area contributed by atoms with Gasteiger partial charge in [-0.1, -0.05) is 153 Å². The summed E-state index contributed by atoms with van der Waals surface area (Å²) in [6.45, 7) is 4.60. The fourth-order valence-corrected chi connectivity index (χ4v) is 11.1. The Hall–Kier alpha value is -7.08. The van der Waals surface area contributed by atoms with E-state index in [1.165, 1.54) is 75.4 Å². The van der Waals surface area contributed by atoms with E-state index < -0.39 is 0 Å². The topological polar surface area (TPSA) is 34.6 Å². The number of allylic oxidation sites excluding steroid dienone is 2. The fourth-order valence-electron chi connectivity index (χ4n) is 9.93. The van der Waals surface area contributed by atoms with Crippen LogP contribution in [-0.2, 0) is 0 Å². The summed E-state index contributed by atoms with van der Waals surface area (Å²) in [6.07, 6.45) is 7.39. The van der Waals surface area contributed by atoms with Crippen molar-refractivity contribution in [3.8, 4) is 11.4 Å². The Morgan fingerprint density at radius 2 is 1.23 bits per heavy atom. The first-order valence-electron chi connectivity index (χ1n) is 21.4. The number of amidine groups is 1. The summed E-state index contributed by atoms with van der Waals surface area (Å²) >= 11 is 1.85. The number of para-hydroxylation sites is 2. The van der Waals surface area contributed by atoms with Crippen LogP contribution in [0.5, 0.6) is 0 Å². The van der Waals surface area contributed by atoms with Crippen LogP contribution in [0, 0.1) is 0 Å². The Bertz CT molecular complexity index is 3500. The molecule has 5 heteroatoms. The predicted molar refractivity (Wildman–Crippen MR) is 260 cm³/mol. The molecule has 0 radical (unpaired) electrons. The Morgan fingerprint density at radius 1 is 0.574 bits per heavy atom. The minimum absolute atomic E-state index is 0.398. The average molecular weight is 803 g/mol. The van der Waals surface area contributed by atoms with Crippen molar-refractivity contribution in [2.24, 2.45) is 9.98 Å². The molecule has 61 heavy (non-hydrogen) atoms. The number of hydrogen-bond donors (Lipinski definition) is 0. The van der Waals surface area contributed by atoms with E-state index in [1.54, 1.807) is 0 Å². The van der Waals surface area contributed by atoms with E-state index in [0.29, 0.717) is 5.92 Å². The molecule has 0 fully saturated rings. The maximum atomic E-state index is 5.40. The van der Waals surface area contributed by atoms with Crippen LogP contribution in [0.1, 0.15) is 67.0 Å². The highest BCUT2D eigenvalue weighted by atomic mass is 32.1. The smallest absolute Gasteiger partial charge is 0.160 e. The van der Waals surface area contributed by atoms with Crippen molar-refractivity contribution in [2.45, 2.75) is 39.0 Å². The van der Waals surface area contributed by atoms with Gasteiger partial charge in [0, 0.05) is 82.4 Å². The highest BCUT2D eigenvalue weighted by molar-refractivity contribution is 7.25. The molecule has 292 valence electrons. The van der Waals surface area contributed by atoms with E-state index >= 15 is 0 Å². The predicted octanol–water partition coefficient (Wildman–Crippen LogP) is 15.1. The van der Waals surface area contributed by atoms with Crippen LogP contribution in [0.2, 0.25) is 0 Å². The zero-order chi connectivity index (χ0) is 40.6. The van der Waals surface area contributed by atoms with Gasteiger partial charge in [-0.25, -0.2) is 9.98 Å². The van der Waals surface area contributed by atoms with Gasteiger partial charge in [0.1, 0.15) is 0 Å². The Balaban J connectivity index is 1.06. The lowest BCUT2D eigenvalue weighted by molar-refractivity contribution is 0.724. The molecule has 2 aliphatic rings. The lowest BCUT2D eigenvalue weighted by Crippen LogP contribution is -2.07. The summed E-state index contributed by atoms with van der Waals surface area (Å²) in [5.41, 5.74) is 15.5. The third-order valence-corrected chi connectivity index (χ3v) is 13.9. The molecule has 0 bridgehead atoms. The standard InChI is InChI=1S/C56H42N4S/c1-3-36-32-48(37-17-7-4-8-18-37)57-56(58-52(36)38-19-9-5-10-20-38)39-26-28-43-44-29-27-41(34-51(44)61-50(43)33-39)59-49-25-14-13-23-42(49)46-30-31-47-45-24-15-16-35(2)53(45)60(55(47)54(46)59)40-21-11-6-12-22-40/h4-15,17-31,33-35H,3,16,32H2,1-2H3. The van der Waals surface area contributed by atoms with Gasteiger partial charge >= 0.3 is 0 Å². The lowest BCUT2D eigenvalue weighted by atomic mass is 9.93. The van der Waals surface area contributed by atoms with Gasteiger partial charge in [0.25, 0.3) is 0 Å². The van der Waals surface area contributed by atoms with Crippen molar-refractivity contribution in [1.82, 2.24) is 9.13 Å². The van der Waals surface area contributed by atoms with E-state index in [-0.39, 0.29) is 0 Å². The molecule has 4 heterocycles. The van der Waals surface area contributed by atoms with E-state index in [2.05, 4.69) is 199 Å². The second kappa shape index (κ2) is 14.3. The maximum absolute atomic E-state index is 5.40. The normalized spacial score (nSPS) is 15.5. The first-order chi connectivity index (χ1) is 30.1. The van der Waals surface area contributed by atoms with Crippen LogP contribution in [0.4, 0.5) is 0 Å². The van der Waals surface area contributed by atoms with Gasteiger partial charge in [0.15, 0.2) is 5.84 Å². The molecule has 10 aromatic rings. The molecule has 1 unspecified atom stereocenters. The van der Waals surface area contributed by atoms with Crippen molar-refractivity contribution >= 4 is 87.5 Å². The van der Waals surface area contributed by atoms with Crippen molar-refractivity contribution in [3.63, 3.8) is 0 Å². The quantitative estimate of drug-likeness (QED) is 0.161. The Morgan fingerprint density at radius 3 is 2.02 bits per heavy atom. The summed E-state index contributed by atoms with van der Waals surface area (Å²) < 4.78 is 7.56. The van der Waals surface area contributed by atoms with Gasteiger partial charge in [0.2, 0.25) is 0 Å². The SMILES string of the molecule is CCC1=C(c2ccccc2)N=C(c2ccc3c(c2)sc2cc(-n4c5ccccc5c5ccc6c7c(n(-c8ccccc8)c6c54)C(C)CC=C7)ccc23)N=C(c2ccccc2)C1. The molecule has 12 rings (SSSR count). The molecule has 1 aliphatic heterocycles. The summed E-state index contributed by atoms with van der Waals surface area (Å²) in [6, 6.07) is 59.6. The number of nitrogens with zero attached hydrogens (tertiary/aromatic N) is 4. The van der Waals surface area contributed by atoms with Gasteiger partial charge in [0.05, 0.1) is 28.0 Å². The van der Waals surface area contributed by atoms with Gasteiger partial charge in [-0.15, -0.1) is 11.3 Å². The highest BCUT2D eigenvalue weighted by Crippen LogP contribution is 2.45. The van der Waals surface area contributed by atoms with Crippen LogP contribution < -0.4 is 0 Å². The first-order valence-corrected chi connectivity index (χ1v) is 22.2. The van der Waals surface area contributed by atoms with Crippen LogP contribution in [0.15, 0.2) is 185 Å². The molecule has 0 N–H and O–H groups in total. The number of thiophene rings is 1. The average Bonchev–Trinajstić information content (AvgIpc) is 3.92. The maximum Gasteiger partial charge on any atom is 0.160 e. The lowest BCUT2D eigenvalue weighted by Gasteiger charge is -2.19. The van der Waals surface area contributed by atoms with E-state index in [1.807, 2.05) is 11.3 Å². The van der Waals surface area contributed by atoms with E-state index in [4.69, 9.17) is 9.98 Å². The number of aliphatic imine (C=N–C) groups is 2. The van der Waals surface area contributed by atoms with E-state index in [9.17, 15) is 0 Å². The molecule has 0 spiro atoms. The number of aromatic nitrogens is 2. The molecule has 1 aliphatic carbocycles. The summed E-state index contributed by atoms with van der Waals surface area (Å²) in [4.78, 5) is 10.8. The molecule has 3 aromatic heterocycles. The van der Waals surface area contributed by atoms with Crippen molar-refractivity contribution in [3.05, 3.63) is 203 Å². The molecule has 0 saturated carbocycles. The number of hydrogen-bond acceptors (Lipinski definition) is 3. The molecule has 0 amide bonds. The highest BCUT2D eigenvalue weighted by Gasteiger charge is 2.27. The molecule has 4 nitrogen and oxygen atoms in total. The van der Waals surface area contributed by atoms with Crippen LogP contribution in [-0.4, -0.2) is 20.7 Å². The minimum atomic E-state index is 0.398. The van der Waals surface area contributed by atoms with Gasteiger partial charge in [-0.05, 0) is 60.4 Å². The Kier molecular flexibility index (Phi) is 8.39. The molecular weight excluding hydrogens is 761 g/mol. The zero-order valence-corrected chi connectivity index (χ0v) is 35.0. The van der Waals surface area contributed by atoms with Crippen LogP contribution in [0.3, 0.4) is 0 Å². The second-order valence-corrected chi connectivity index (χ2v) is 17.5. The van der Waals surface area contributed by atoms with Gasteiger partial charge in [-0.2, -0.15) is 0 Å². The zero-order valence-electron chi connectivity index (χ0n) is 34.1. The van der Waals surface area contributed by atoms with Gasteiger partial charge in [-0.3, -0.25) is 0 Å². The van der Waals surface area contributed by atoms with Gasteiger partial charge < -0.3 is 9.13 Å². The first kappa shape index (κ1) is 35.8. The number of fused-ring (bicyclic) bond motifs is 10. The van der Waals surface area contributed by atoms with Crippen molar-refractivity contribution in [2.75, 3.05) is 0 Å². The minimum Gasteiger partial charge on any atom is -0.311 e. The molecule has 0 saturated heterocycles. The van der Waals surface area contributed by atoms with Crippen LogP contribution >= 0.6 is 11.3 Å². The van der Waals surface area contributed by atoms with E-state index in [0.717, 1.165) is 58.9 Å². The monoisotopic (exact) mass is 802 g/mol. The van der Waals surface area contributed by atoms with Crippen LogP contribution in [0.25, 0.3) is 76.0 Å². The van der Waals surface area contributed by atoms with Crippen molar-refractivity contribution in [1.29, 1.82) is 0 Å². The largest absolute Gasteiger partial charge is 0.311 e. The second-order valence-electron chi connectivity index (χ2n) is 16.4. The third-order valence-electron chi connectivity index (χ3n) is 12.8. The number of benzene rings is 7. The van der Waals surface area contributed by atoms with Crippen molar-refractivity contribution < 1.29 is 0 Å². The Labute approximate surface area is 358 Å². The fraction of sp³-hybridized carbons (Fsp3) is 0.107. The molecule has 7 aromatic carbocycles. The molecular formula is C56H42N4S.